The summed E-state index contributed by atoms with van der Waals surface area (Å²) in [5.41, 5.74) is 4.52. The molecule has 0 saturated carbocycles. The van der Waals surface area contributed by atoms with E-state index in [0.29, 0.717) is 22.6 Å². The number of pyridine rings is 1. The molecular formula is C24H20BrFN6O. The van der Waals surface area contributed by atoms with Gasteiger partial charge in [0.05, 0.1) is 29.6 Å². The molecule has 7 nitrogen and oxygen atoms in total. The molecule has 0 aliphatic heterocycles. The number of aromatic amines is 2. The Morgan fingerprint density at radius 3 is 2.91 bits per heavy atom. The lowest BCUT2D eigenvalue weighted by Gasteiger charge is -2.13. The maximum absolute atomic E-state index is 14.8. The van der Waals surface area contributed by atoms with Crippen LogP contribution in [0.25, 0.3) is 28.1 Å². The van der Waals surface area contributed by atoms with Crippen LogP contribution in [0.3, 0.4) is 0 Å². The molecule has 0 aliphatic rings. The lowest BCUT2D eigenvalue weighted by atomic mass is 10.1. The first-order valence-electron chi connectivity index (χ1n) is 10.3. The summed E-state index contributed by atoms with van der Waals surface area (Å²) in [5, 5.41) is 3.08. The van der Waals surface area contributed by atoms with Crippen LogP contribution in [0.4, 0.5) is 10.1 Å². The SMILES string of the molecule is Cc1cc(-n2ccnc2)cc2[nH]c(-c3c(NCC(F)c4cccc(Br)c4)cc[nH]c3=O)nc12. The van der Waals surface area contributed by atoms with Crippen molar-refractivity contribution in [2.45, 2.75) is 13.1 Å². The smallest absolute Gasteiger partial charge is 0.261 e. The Bertz CT molecular complexity index is 1490. The minimum absolute atomic E-state index is 0.0109. The van der Waals surface area contributed by atoms with Crippen molar-refractivity contribution in [1.82, 2.24) is 24.5 Å². The van der Waals surface area contributed by atoms with Gasteiger partial charge in [-0.15, -0.1) is 0 Å². The number of imidazole rings is 2. The molecule has 5 aromatic rings. The second-order valence-corrected chi connectivity index (χ2v) is 8.63. The third-order valence-corrected chi connectivity index (χ3v) is 5.94. The Morgan fingerprint density at radius 2 is 2.12 bits per heavy atom. The number of nitrogens with zero attached hydrogens (tertiary/aromatic N) is 3. The normalized spacial score (nSPS) is 12.2. The molecule has 3 heterocycles. The van der Waals surface area contributed by atoms with Crippen LogP contribution in [-0.2, 0) is 0 Å². The molecular weight excluding hydrogens is 487 g/mol. The third kappa shape index (κ3) is 4.19. The number of aryl methyl sites for hydroxylation is 1. The summed E-state index contributed by atoms with van der Waals surface area (Å²) >= 11 is 3.37. The highest BCUT2D eigenvalue weighted by atomic mass is 79.9. The predicted molar refractivity (Wildman–Crippen MR) is 130 cm³/mol. The van der Waals surface area contributed by atoms with E-state index in [1.165, 1.54) is 6.20 Å². The Morgan fingerprint density at radius 1 is 1.24 bits per heavy atom. The quantitative estimate of drug-likeness (QED) is 0.291. The van der Waals surface area contributed by atoms with Crippen molar-refractivity contribution < 1.29 is 4.39 Å². The van der Waals surface area contributed by atoms with Crippen molar-refractivity contribution in [3.05, 3.63) is 93.3 Å². The van der Waals surface area contributed by atoms with Gasteiger partial charge in [0.15, 0.2) is 0 Å². The van der Waals surface area contributed by atoms with Gasteiger partial charge in [0, 0.05) is 28.8 Å². The van der Waals surface area contributed by atoms with E-state index in [1.807, 2.05) is 35.9 Å². The van der Waals surface area contributed by atoms with Gasteiger partial charge in [0.25, 0.3) is 5.56 Å². The highest BCUT2D eigenvalue weighted by Gasteiger charge is 2.17. The largest absolute Gasteiger partial charge is 0.381 e. The van der Waals surface area contributed by atoms with E-state index in [4.69, 9.17) is 0 Å². The lowest BCUT2D eigenvalue weighted by molar-refractivity contribution is 0.361. The van der Waals surface area contributed by atoms with Gasteiger partial charge in [-0.1, -0.05) is 28.1 Å². The van der Waals surface area contributed by atoms with Crippen molar-refractivity contribution in [2.75, 3.05) is 11.9 Å². The van der Waals surface area contributed by atoms with Gasteiger partial charge in [-0.2, -0.15) is 0 Å². The molecule has 1 atom stereocenters. The standard InChI is InChI=1S/C24H20BrFN6O/c1-14-9-17(32-8-7-27-13-32)11-20-22(14)31-23(30-20)21-19(5-6-28-24(21)33)29-12-18(26)15-3-2-4-16(25)10-15/h2-11,13,18H,12H2,1H3,(H,30,31)(H2,28,29,33). The molecule has 166 valence electrons. The molecule has 3 aromatic heterocycles. The summed E-state index contributed by atoms with van der Waals surface area (Å²) < 4.78 is 17.5. The zero-order chi connectivity index (χ0) is 22.9. The average Bonchev–Trinajstić information content (AvgIpc) is 3.48. The summed E-state index contributed by atoms with van der Waals surface area (Å²) in [6.45, 7) is 1.98. The Labute approximate surface area is 196 Å². The number of halogens is 2. The molecule has 0 amide bonds. The molecule has 0 saturated heterocycles. The molecule has 0 spiro atoms. The van der Waals surface area contributed by atoms with E-state index < -0.39 is 6.17 Å². The number of hydrogen-bond acceptors (Lipinski definition) is 4. The summed E-state index contributed by atoms with van der Waals surface area (Å²) in [4.78, 5) is 27.5. The average molecular weight is 507 g/mol. The number of rotatable bonds is 6. The summed E-state index contributed by atoms with van der Waals surface area (Å²) in [7, 11) is 0. The third-order valence-electron chi connectivity index (χ3n) is 5.44. The van der Waals surface area contributed by atoms with Gasteiger partial charge in [-0.3, -0.25) is 4.79 Å². The molecule has 5 rings (SSSR count). The van der Waals surface area contributed by atoms with Crippen LogP contribution < -0.4 is 10.9 Å². The number of hydrogen-bond donors (Lipinski definition) is 3. The first-order chi connectivity index (χ1) is 16.0. The Hall–Kier alpha value is -3.72. The molecule has 9 heteroatoms. The summed E-state index contributed by atoms with van der Waals surface area (Å²) in [5.74, 6) is 0.415. The van der Waals surface area contributed by atoms with E-state index in [9.17, 15) is 9.18 Å². The fourth-order valence-electron chi connectivity index (χ4n) is 3.83. The first kappa shape index (κ1) is 21.1. The number of H-pyrrole nitrogens is 2. The van der Waals surface area contributed by atoms with Gasteiger partial charge in [0.1, 0.15) is 17.6 Å². The lowest BCUT2D eigenvalue weighted by Crippen LogP contribution is -2.15. The molecule has 1 unspecified atom stereocenters. The van der Waals surface area contributed by atoms with Crippen LogP contribution in [0.15, 0.2) is 76.6 Å². The maximum Gasteiger partial charge on any atom is 0.261 e. The van der Waals surface area contributed by atoms with Gasteiger partial charge >= 0.3 is 0 Å². The number of alkyl halides is 1. The number of aromatic nitrogens is 5. The van der Waals surface area contributed by atoms with Crippen molar-refractivity contribution >= 4 is 32.7 Å². The van der Waals surface area contributed by atoms with E-state index in [-0.39, 0.29) is 12.1 Å². The van der Waals surface area contributed by atoms with Crippen molar-refractivity contribution in [1.29, 1.82) is 0 Å². The number of anilines is 1. The summed E-state index contributed by atoms with van der Waals surface area (Å²) in [6.07, 6.45) is 5.59. The zero-order valence-corrected chi connectivity index (χ0v) is 19.2. The second kappa shape index (κ2) is 8.67. The number of fused-ring (bicyclic) bond motifs is 1. The van der Waals surface area contributed by atoms with Crippen LogP contribution in [0, 0.1) is 6.92 Å². The molecule has 3 N–H and O–H groups in total. The summed E-state index contributed by atoms with van der Waals surface area (Å²) in [6, 6.07) is 12.8. The van der Waals surface area contributed by atoms with Crippen LogP contribution >= 0.6 is 15.9 Å². The Balaban J connectivity index is 1.49. The van der Waals surface area contributed by atoms with E-state index >= 15 is 0 Å². The second-order valence-electron chi connectivity index (χ2n) is 7.71. The van der Waals surface area contributed by atoms with Crippen molar-refractivity contribution in [2.24, 2.45) is 0 Å². The molecule has 2 aromatic carbocycles. The van der Waals surface area contributed by atoms with Crippen molar-refractivity contribution in [3.63, 3.8) is 0 Å². The number of benzene rings is 2. The van der Waals surface area contributed by atoms with Gasteiger partial charge in [-0.05, 0) is 48.4 Å². The Kier molecular flexibility index (Phi) is 5.55. The van der Waals surface area contributed by atoms with Crippen LogP contribution in [0.2, 0.25) is 0 Å². The number of nitrogens with one attached hydrogen (secondary N) is 3. The molecule has 33 heavy (non-hydrogen) atoms. The maximum atomic E-state index is 14.8. The zero-order valence-electron chi connectivity index (χ0n) is 17.6. The van der Waals surface area contributed by atoms with Gasteiger partial charge in [0.2, 0.25) is 0 Å². The fourth-order valence-corrected chi connectivity index (χ4v) is 4.25. The van der Waals surface area contributed by atoms with Crippen LogP contribution in [0.1, 0.15) is 17.3 Å². The van der Waals surface area contributed by atoms with E-state index in [2.05, 4.69) is 41.2 Å². The fraction of sp³-hybridized carbons (Fsp3) is 0.125. The minimum atomic E-state index is -1.25. The highest BCUT2D eigenvalue weighted by molar-refractivity contribution is 9.10. The van der Waals surface area contributed by atoms with Gasteiger partial charge in [-0.25, -0.2) is 14.4 Å². The molecule has 0 aliphatic carbocycles. The highest BCUT2D eigenvalue weighted by Crippen LogP contribution is 2.28. The molecule has 0 bridgehead atoms. The topological polar surface area (TPSA) is 91.4 Å². The van der Waals surface area contributed by atoms with Crippen LogP contribution in [-0.4, -0.2) is 31.0 Å². The van der Waals surface area contributed by atoms with Crippen LogP contribution in [0.5, 0.6) is 0 Å². The predicted octanol–water partition coefficient (Wildman–Crippen LogP) is 5.30. The van der Waals surface area contributed by atoms with E-state index in [0.717, 1.165) is 26.8 Å². The van der Waals surface area contributed by atoms with E-state index in [1.54, 1.807) is 36.8 Å². The monoisotopic (exact) mass is 506 g/mol. The van der Waals surface area contributed by atoms with Gasteiger partial charge < -0.3 is 19.9 Å². The minimum Gasteiger partial charge on any atom is -0.381 e. The van der Waals surface area contributed by atoms with Crippen molar-refractivity contribution in [3.8, 4) is 17.1 Å². The first-order valence-corrected chi connectivity index (χ1v) is 11.1. The molecule has 0 radical (unpaired) electrons. The molecule has 0 fully saturated rings.